The van der Waals surface area contributed by atoms with Crippen LogP contribution in [0.5, 0.6) is 0 Å². The molecular weight excluding hydrogens is 350 g/mol. The van der Waals surface area contributed by atoms with E-state index in [1.165, 1.54) is 11.3 Å². The summed E-state index contributed by atoms with van der Waals surface area (Å²) in [5.41, 5.74) is 1.15. The number of aromatic nitrogens is 2. The van der Waals surface area contributed by atoms with E-state index in [-0.39, 0.29) is 11.9 Å². The summed E-state index contributed by atoms with van der Waals surface area (Å²) in [6.45, 7) is 4.86. The molecule has 7 nitrogen and oxygen atoms in total. The number of likely N-dealkylation sites (tertiary alicyclic amines) is 1. The lowest BCUT2D eigenvalue weighted by Crippen LogP contribution is -2.36. The molecule has 1 N–H and O–H groups in total. The van der Waals surface area contributed by atoms with Crippen molar-refractivity contribution < 1.29 is 9.53 Å². The van der Waals surface area contributed by atoms with Crippen LogP contribution in [0.25, 0.3) is 0 Å². The minimum atomic E-state index is -0.0669. The van der Waals surface area contributed by atoms with Crippen molar-refractivity contribution in [1.82, 2.24) is 14.9 Å². The van der Waals surface area contributed by atoms with E-state index in [0.717, 1.165) is 38.0 Å². The largest absolute Gasteiger partial charge is 0.466 e. The molecule has 0 atom stereocenters. The van der Waals surface area contributed by atoms with Crippen molar-refractivity contribution in [1.29, 1.82) is 5.26 Å². The standard InChI is InChI=1S/C18H21N5O2S/c1-2-25-17(24)14-4-7-23(8-5-14)12-13-3-6-20-16(9-13)22-18-21-11-15(10-19)26-18/h3,6,9,11,14H,2,4-5,7-8,12H2,1H3,(H,20,21,22). The maximum Gasteiger partial charge on any atom is 0.309 e. The van der Waals surface area contributed by atoms with Gasteiger partial charge in [0.05, 0.1) is 18.7 Å². The number of carbonyl (C=O) groups excluding carboxylic acids is 1. The van der Waals surface area contributed by atoms with Gasteiger partial charge in [-0.2, -0.15) is 5.26 Å². The molecule has 26 heavy (non-hydrogen) atoms. The Morgan fingerprint density at radius 1 is 1.46 bits per heavy atom. The van der Waals surface area contributed by atoms with Crippen LogP contribution < -0.4 is 5.32 Å². The molecule has 136 valence electrons. The first-order valence-electron chi connectivity index (χ1n) is 8.64. The molecule has 0 aliphatic carbocycles. The van der Waals surface area contributed by atoms with Crippen LogP contribution in [0.3, 0.4) is 0 Å². The van der Waals surface area contributed by atoms with Crippen LogP contribution in [0.1, 0.15) is 30.2 Å². The van der Waals surface area contributed by atoms with E-state index in [1.54, 1.807) is 12.4 Å². The topological polar surface area (TPSA) is 91.1 Å². The van der Waals surface area contributed by atoms with E-state index < -0.39 is 0 Å². The van der Waals surface area contributed by atoms with Gasteiger partial charge in [0, 0.05) is 12.7 Å². The van der Waals surface area contributed by atoms with Crippen molar-refractivity contribution >= 4 is 28.3 Å². The van der Waals surface area contributed by atoms with E-state index in [2.05, 4.69) is 26.3 Å². The van der Waals surface area contributed by atoms with Gasteiger partial charge in [0.1, 0.15) is 16.8 Å². The molecule has 1 aliphatic rings. The van der Waals surface area contributed by atoms with E-state index >= 15 is 0 Å². The fourth-order valence-corrected chi connectivity index (χ4v) is 3.60. The number of anilines is 2. The summed E-state index contributed by atoms with van der Waals surface area (Å²) in [7, 11) is 0. The summed E-state index contributed by atoms with van der Waals surface area (Å²) in [4.78, 5) is 23.2. The highest BCUT2D eigenvalue weighted by atomic mass is 32.1. The lowest BCUT2D eigenvalue weighted by molar-refractivity contribution is -0.149. The van der Waals surface area contributed by atoms with Crippen LogP contribution in [0.15, 0.2) is 24.5 Å². The molecule has 0 unspecified atom stereocenters. The number of nitriles is 1. The number of piperidine rings is 1. The maximum atomic E-state index is 11.8. The number of carbonyl (C=O) groups is 1. The summed E-state index contributed by atoms with van der Waals surface area (Å²) in [6, 6.07) is 6.06. The SMILES string of the molecule is CCOC(=O)C1CCN(Cc2ccnc(Nc3ncc(C#N)s3)c2)CC1. The highest BCUT2D eigenvalue weighted by molar-refractivity contribution is 7.16. The monoisotopic (exact) mass is 371 g/mol. The third kappa shape index (κ3) is 4.77. The average molecular weight is 371 g/mol. The molecule has 1 fully saturated rings. The first-order valence-corrected chi connectivity index (χ1v) is 9.46. The number of pyridine rings is 1. The molecule has 1 saturated heterocycles. The third-order valence-electron chi connectivity index (χ3n) is 4.29. The summed E-state index contributed by atoms with van der Waals surface area (Å²) in [5, 5.41) is 12.7. The Labute approximate surface area is 156 Å². The average Bonchev–Trinajstić information content (AvgIpc) is 3.10. The van der Waals surface area contributed by atoms with Gasteiger partial charge in [0.25, 0.3) is 0 Å². The molecule has 2 aromatic rings. The normalized spacial score (nSPS) is 15.4. The van der Waals surface area contributed by atoms with Crippen molar-refractivity contribution in [2.24, 2.45) is 5.92 Å². The highest BCUT2D eigenvalue weighted by Crippen LogP contribution is 2.23. The Balaban J connectivity index is 1.54. The Bertz CT molecular complexity index is 793. The number of hydrogen-bond donors (Lipinski definition) is 1. The molecule has 0 aromatic carbocycles. The lowest BCUT2D eigenvalue weighted by atomic mass is 9.97. The van der Waals surface area contributed by atoms with Gasteiger partial charge in [-0.3, -0.25) is 9.69 Å². The number of nitrogens with zero attached hydrogens (tertiary/aromatic N) is 4. The van der Waals surface area contributed by atoms with Gasteiger partial charge >= 0.3 is 5.97 Å². The van der Waals surface area contributed by atoms with Gasteiger partial charge in [-0.05, 0) is 50.6 Å². The second kappa shape index (κ2) is 8.74. The molecule has 3 rings (SSSR count). The van der Waals surface area contributed by atoms with E-state index in [0.29, 0.717) is 22.4 Å². The second-order valence-corrected chi connectivity index (χ2v) is 7.15. The molecular formula is C18H21N5O2S. The van der Waals surface area contributed by atoms with Crippen LogP contribution in [-0.4, -0.2) is 40.5 Å². The van der Waals surface area contributed by atoms with Crippen molar-refractivity contribution in [3.8, 4) is 6.07 Å². The van der Waals surface area contributed by atoms with Gasteiger partial charge in [0.15, 0.2) is 5.13 Å². The summed E-state index contributed by atoms with van der Waals surface area (Å²) in [6.07, 6.45) is 4.99. The first-order chi connectivity index (χ1) is 12.7. The lowest BCUT2D eigenvalue weighted by Gasteiger charge is -2.30. The Hall–Kier alpha value is -2.50. The Morgan fingerprint density at radius 3 is 2.96 bits per heavy atom. The smallest absolute Gasteiger partial charge is 0.309 e. The summed E-state index contributed by atoms with van der Waals surface area (Å²) >= 11 is 1.30. The molecule has 0 radical (unpaired) electrons. The molecule has 3 heterocycles. The fraction of sp³-hybridized carbons (Fsp3) is 0.444. The van der Waals surface area contributed by atoms with Crippen molar-refractivity contribution in [2.75, 3.05) is 25.0 Å². The van der Waals surface area contributed by atoms with Gasteiger partial charge in [0.2, 0.25) is 0 Å². The molecule has 0 amide bonds. The zero-order valence-electron chi connectivity index (χ0n) is 14.6. The Kier molecular flexibility index (Phi) is 6.15. The Morgan fingerprint density at radius 2 is 2.27 bits per heavy atom. The number of esters is 1. The minimum Gasteiger partial charge on any atom is -0.466 e. The number of rotatable bonds is 6. The molecule has 0 bridgehead atoms. The van der Waals surface area contributed by atoms with Gasteiger partial charge < -0.3 is 10.1 Å². The van der Waals surface area contributed by atoms with E-state index in [9.17, 15) is 4.79 Å². The number of ether oxygens (including phenoxy) is 1. The minimum absolute atomic E-state index is 0.0279. The maximum absolute atomic E-state index is 11.8. The zero-order valence-corrected chi connectivity index (χ0v) is 15.5. The van der Waals surface area contributed by atoms with Gasteiger partial charge in [-0.1, -0.05) is 11.3 Å². The predicted molar refractivity (Wildman–Crippen MR) is 99.0 cm³/mol. The molecule has 0 saturated carbocycles. The molecule has 1 aliphatic heterocycles. The van der Waals surface area contributed by atoms with Crippen LogP contribution in [0.4, 0.5) is 10.9 Å². The van der Waals surface area contributed by atoms with E-state index in [1.807, 2.05) is 19.1 Å². The van der Waals surface area contributed by atoms with Crippen molar-refractivity contribution in [3.05, 3.63) is 35.0 Å². The highest BCUT2D eigenvalue weighted by Gasteiger charge is 2.25. The first kappa shape index (κ1) is 18.3. The van der Waals surface area contributed by atoms with Crippen LogP contribution in [0.2, 0.25) is 0 Å². The quantitative estimate of drug-likeness (QED) is 0.781. The second-order valence-electron chi connectivity index (χ2n) is 6.12. The van der Waals surface area contributed by atoms with Crippen LogP contribution in [0, 0.1) is 17.2 Å². The van der Waals surface area contributed by atoms with Gasteiger partial charge in [-0.25, -0.2) is 9.97 Å². The number of thiazole rings is 1. The van der Waals surface area contributed by atoms with Crippen LogP contribution in [-0.2, 0) is 16.1 Å². The van der Waals surface area contributed by atoms with Crippen molar-refractivity contribution in [2.45, 2.75) is 26.3 Å². The van der Waals surface area contributed by atoms with E-state index in [4.69, 9.17) is 10.00 Å². The number of nitrogens with one attached hydrogen (secondary N) is 1. The van der Waals surface area contributed by atoms with Gasteiger partial charge in [-0.15, -0.1) is 0 Å². The molecule has 2 aromatic heterocycles. The third-order valence-corrected chi connectivity index (χ3v) is 5.11. The zero-order chi connectivity index (χ0) is 18.4. The molecule has 0 spiro atoms. The predicted octanol–water partition coefficient (Wildman–Crippen LogP) is 2.93. The number of hydrogen-bond acceptors (Lipinski definition) is 8. The van der Waals surface area contributed by atoms with Crippen molar-refractivity contribution in [3.63, 3.8) is 0 Å². The summed E-state index contributed by atoms with van der Waals surface area (Å²) in [5.74, 6) is 0.672. The fourth-order valence-electron chi connectivity index (χ4n) is 2.98. The van der Waals surface area contributed by atoms with Crippen LogP contribution >= 0.6 is 11.3 Å². The summed E-state index contributed by atoms with van der Waals surface area (Å²) < 4.78 is 5.12. The molecule has 8 heteroatoms.